The second-order valence-corrected chi connectivity index (χ2v) is 1.78. The van der Waals surface area contributed by atoms with E-state index in [9.17, 15) is 0 Å². The Morgan fingerprint density at radius 2 is 2.22 bits per heavy atom. The lowest BCUT2D eigenvalue weighted by Crippen LogP contribution is -1.82. The van der Waals surface area contributed by atoms with E-state index in [2.05, 4.69) is 6.08 Å². The van der Waals surface area contributed by atoms with Crippen molar-refractivity contribution in [3.8, 4) is 0 Å². The van der Waals surface area contributed by atoms with Crippen molar-refractivity contribution in [2.45, 2.75) is 0 Å². The molecule has 0 saturated carbocycles. The molecule has 1 heterocycles. The molecule has 1 aliphatic heterocycles. The van der Waals surface area contributed by atoms with Gasteiger partial charge in [-0.1, -0.05) is 0 Å². The zero-order valence-corrected chi connectivity index (χ0v) is 4.76. The number of hydrogen-bond acceptors (Lipinski definition) is 2. The lowest BCUT2D eigenvalue weighted by Gasteiger charge is -1.84. The van der Waals surface area contributed by atoms with Gasteiger partial charge in [0.2, 0.25) is 6.79 Å². The Hall–Kier alpha value is -1.27. The normalized spacial score (nSPS) is 20.4. The van der Waals surface area contributed by atoms with Crippen LogP contribution < -0.4 is 0 Å². The fourth-order valence-corrected chi connectivity index (χ4v) is 0.789. The summed E-state index contributed by atoms with van der Waals surface area (Å²) in [5, 5.41) is 0. The summed E-state index contributed by atoms with van der Waals surface area (Å²) in [5.74, 6) is 1.60. The first-order chi connectivity index (χ1) is 4.47. The molecule has 0 spiro atoms. The smallest absolute Gasteiger partial charge is 0.282 e. The lowest BCUT2D eigenvalue weighted by molar-refractivity contribution is 0.0780. The topological polar surface area (TPSA) is 18.5 Å². The Morgan fingerprint density at radius 3 is 3.11 bits per heavy atom. The van der Waals surface area contributed by atoms with Crippen LogP contribution in [0.3, 0.4) is 0 Å². The maximum absolute atomic E-state index is 5.06. The first-order valence-electron chi connectivity index (χ1n) is 2.72. The van der Waals surface area contributed by atoms with Crippen LogP contribution in [0.2, 0.25) is 0 Å². The van der Waals surface area contributed by atoms with Crippen molar-refractivity contribution in [2.75, 3.05) is 6.79 Å². The second kappa shape index (κ2) is 1.61. The molecule has 0 fully saturated rings. The van der Waals surface area contributed by atoms with Gasteiger partial charge in [-0.05, 0) is 0 Å². The Morgan fingerprint density at radius 1 is 1.33 bits per heavy atom. The molecule has 0 unspecified atom stereocenters. The molecule has 0 radical (unpaired) electrons. The summed E-state index contributed by atoms with van der Waals surface area (Å²) in [5.41, 5.74) is 0. The molecule has 9 heavy (non-hydrogen) atoms. The van der Waals surface area contributed by atoms with Crippen LogP contribution in [-0.2, 0) is 9.47 Å². The van der Waals surface area contributed by atoms with Crippen molar-refractivity contribution in [3.63, 3.8) is 0 Å². The van der Waals surface area contributed by atoms with Crippen molar-refractivity contribution >= 4 is 0 Å². The van der Waals surface area contributed by atoms with Gasteiger partial charge in [-0.3, -0.25) is 0 Å². The molecule has 0 saturated heterocycles. The van der Waals surface area contributed by atoms with Crippen LogP contribution in [0, 0.1) is 6.08 Å². The van der Waals surface area contributed by atoms with Crippen LogP contribution in [0.4, 0.5) is 0 Å². The summed E-state index contributed by atoms with van der Waals surface area (Å²) in [4.78, 5) is 0. The van der Waals surface area contributed by atoms with E-state index in [0.29, 0.717) is 6.79 Å². The van der Waals surface area contributed by atoms with Gasteiger partial charge in [-0.25, -0.2) is 0 Å². The molecule has 0 aromatic heterocycles. The molecule has 0 aromatic rings. The summed E-state index contributed by atoms with van der Waals surface area (Å²) in [6, 6.07) is 0. The third-order valence-electron chi connectivity index (χ3n) is 1.22. The molecule has 44 valence electrons. The van der Waals surface area contributed by atoms with Crippen LogP contribution in [-0.4, -0.2) is 6.79 Å². The van der Waals surface area contributed by atoms with E-state index in [1.54, 1.807) is 12.2 Å². The largest absolute Gasteiger partial charge is 0.430 e. The van der Waals surface area contributed by atoms with E-state index in [-0.39, 0.29) is 0 Å². The fourth-order valence-electron chi connectivity index (χ4n) is 0.789. The summed E-state index contributed by atoms with van der Waals surface area (Å²) in [7, 11) is 0. The molecule has 0 N–H and O–H groups in total. The van der Waals surface area contributed by atoms with Gasteiger partial charge in [0.05, 0.1) is 6.08 Å². The van der Waals surface area contributed by atoms with Gasteiger partial charge in [0.1, 0.15) is 6.08 Å². The highest BCUT2D eigenvalue weighted by molar-refractivity contribution is 5.31. The molecule has 2 aliphatic rings. The predicted molar refractivity (Wildman–Crippen MR) is 31.0 cm³/mol. The quantitative estimate of drug-likeness (QED) is 0.447. The van der Waals surface area contributed by atoms with Crippen molar-refractivity contribution in [3.05, 3.63) is 35.8 Å². The minimum absolute atomic E-state index is 0.340. The lowest BCUT2D eigenvalue weighted by atomic mass is 10.2. The summed E-state index contributed by atoms with van der Waals surface area (Å²) >= 11 is 0. The van der Waals surface area contributed by atoms with Crippen molar-refractivity contribution < 1.29 is 9.47 Å². The SMILES string of the molecule is [C+]1=CC2=C(C=C1)OCO2. The highest BCUT2D eigenvalue weighted by atomic mass is 16.7. The third kappa shape index (κ3) is 0.609. The predicted octanol–water partition coefficient (Wildman–Crippen LogP) is 1.13. The monoisotopic (exact) mass is 121 g/mol. The third-order valence-corrected chi connectivity index (χ3v) is 1.22. The van der Waals surface area contributed by atoms with Gasteiger partial charge in [0, 0.05) is 6.08 Å². The molecule has 2 rings (SSSR count). The Bertz CT molecular complexity index is 189. The molecule has 1 aliphatic carbocycles. The molecule has 0 amide bonds. The molecule has 0 bridgehead atoms. The second-order valence-electron chi connectivity index (χ2n) is 1.78. The van der Waals surface area contributed by atoms with Gasteiger partial charge < -0.3 is 9.47 Å². The minimum Gasteiger partial charge on any atom is -0.430 e. The van der Waals surface area contributed by atoms with E-state index in [1.807, 2.05) is 6.08 Å². The first kappa shape index (κ1) is 4.59. The van der Waals surface area contributed by atoms with Crippen LogP contribution in [0.5, 0.6) is 0 Å². The highest BCUT2D eigenvalue weighted by Gasteiger charge is 2.22. The number of ether oxygens (including phenoxy) is 2. The Balaban J connectivity index is 2.41. The van der Waals surface area contributed by atoms with Gasteiger partial charge >= 0.3 is 0 Å². The van der Waals surface area contributed by atoms with Crippen LogP contribution in [0.1, 0.15) is 0 Å². The summed E-state index contributed by atoms with van der Waals surface area (Å²) in [6.45, 7) is 0.340. The van der Waals surface area contributed by atoms with Gasteiger partial charge in [0.15, 0.2) is 6.08 Å². The number of allylic oxidation sites excluding steroid dienone is 4. The van der Waals surface area contributed by atoms with Crippen LogP contribution in [0.15, 0.2) is 29.7 Å². The van der Waals surface area contributed by atoms with Gasteiger partial charge in [-0.15, -0.1) is 0 Å². The van der Waals surface area contributed by atoms with Gasteiger partial charge in [0.25, 0.3) is 11.5 Å². The average Bonchev–Trinajstić information content (AvgIpc) is 2.33. The maximum Gasteiger partial charge on any atom is 0.282 e. The summed E-state index contributed by atoms with van der Waals surface area (Å²) in [6.07, 6.45) is 8.29. The average molecular weight is 121 g/mol. The molecule has 0 aromatic carbocycles. The Labute approximate surface area is 53.1 Å². The molecular weight excluding hydrogens is 116 g/mol. The zero-order valence-electron chi connectivity index (χ0n) is 4.76. The van der Waals surface area contributed by atoms with Crippen molar-refractivity contribution in [1.82, 2.24) is 0 Å². The van der Waals surface area contributed by atoms with E-state index < -0.39 is 0 Å². The van der Waals surface area contributed by atoms with E-state index in [1.165, 1.54) is 0 Å². The van der Waals surface area contributed by atoms with Crippen LogP contribution >= 0.6 is 0 Å². The van der Waals surface area contributed by atoms with E-state index in [0.717, 1.165) is 11.5 Å². The van der Waals surface area contributed by atoms with E-state index in [4.69, 9.17) is 9.47 Å². The van der Waals surface area contributed by atoms with Crippen molar-refractivity contribution in [2.24, 2.45) is 0 Å². The van der Waals surface area contributed by atoms with Gasteiger partial charge in [-0.2, -0.15) is 0 Å². The molecular formula is C7H5O2+. The number of rotatable bonds is 0. The van der Waals surface area contributed by atoms with Crippen molar-refractivity contribution in [1.29, 1.82) is 0 Å². The number of hydrogen-bond donors (Lipinski definition) is 0. The zero-order chi connectivity index (χ0) is 6.10. The van der Waals surface area contributed by atoms with Crippen LogP contribution in [0.25, 0.3) is 0 Å². The molecule has 2 nitrogen and oxygen atoms in total. The molecule has 2 heteroatoms. The minimum atomic E-state index is 0.340. The first-order valence-corrected chi connectivity index (χ1v) is 2.72. The highest BCUT2D eigenvalue weighted by Crippen LogP contribution is 2.20. The maximum atomic E-state index is 5.06. The summed E-state index contributed by atoms with van der Waals surface area (Å²) < 4.78 is 10.1. The van der Waals surface area contributed by atoms with E-state index >= 15 is 0 Å². The standard InChI is InChI=1S/C7H5O2/c1-2-4-7-6(3-1)8-5-9-7/h1,3-4H,5H2/q+1. The molecule has 0 atom stereocenters. The fraction of sp³-hybridized carbons (Fsp3) is 0.143. The Kier molecular flexibility index (Phi) is 0.820.